The van der Waals surface area contributed by atoms with Gasteiger partial charge in [0.15, 0.2) is 12.4 Å². The lowest BCUT2D eigenvalue weighted by Crippen LogP contribution is -2.02. The summed E-state index contributed by atoms with van der Waals surface area (Å²) < 4.78 is 0. The third-order valence-corrected chi connectivity index (χ3v) is 6.71. The van der Waals surface area contributed by atoms with Crippen LogP contribution >= 0.6 is 0 Å². The lowest BCUT2D eigenvalue weighted by atomic mass is 9.89. The van der Waals surface area contributed by atoms with E-state index in [0.717, 1.165) is 18.5 Å². The Hall–Kier alpha value is -0.790. The highest BCUT2D eigenvalue weighted by Crippen LogP contribution is 2.26. The van der Waals surface area contributed by atoms with Crippen LogP contribution in [0.15, 0.2) is 9.98 Å². The molecule has 0 saturated heterocycles. The first kappa shape index (κ1) is 27.2. The van der Waals surface area contributed by atoms with Crippen molar-refractivity contribution in [3.05, 3.63) is 6.17 Å². The molecule has 0 aromatic rings. The van der Waals surface area contributed by atoms with E-state index in [-0.39, 0.29) is 0 Å². The summed E-state index contributed by atoms with van der Waals surface area (Å²) in [6, 6.07) is 0. The van der Waals surface area contributed by atoms with E-state index in [2.05, 4.69) is 23.8 Å². The van der Waals surface area contributed by atoms with Gasteiger partial charge in [0.05, 0.1) is 6.42 Å². The topological polar surface area (TPSA) is 24.7 Å². The molecule has 0 aliphatic carbocycles. The highest BCUT2D eigenvalue weighted by molar-refractivity contribution is 6.18. The maximum Gasteiger partial charge on any atom is 0.240 e. The van der Waals surface area contributed by atoms with E-state index in [9.17, 15) is 0 Å². The molecule has 0 saturated carbocycles. The highest BCUT2D eigenvalue weighted by Gasteiger charge is 2.16. The molecule has 0 aromatic heterocycles. The van der Waals surface area contributed by atoms with E-state index in [4.69, 9.17) is 0 Å². The SMILES string of the molecule is CCCCCCCCCCCCCC(CCCCCCCC)CCC[C+]1N=CC=N1. The maximum absolute atomic E-state index is 4.34. The van der Waals surface area contributed by atoms with Gasteiger partial charge in [0, 0.05) is 0 Å². The van der Waals surface area contributed by atoms with Gasteiger partial charge in [-0.3, -0.25) is 0 Å². The fourth-order valence-corrected chi connectivity index (χ4v) is 4.69. The van der Waals surface area contributed by atoms with Crippen molar-refractivity contribution < 1.29 is 0 Å². The molecule has 2 heteroatoms. The second kappa shape index (κ2) is 21.4. The number of hydrogen-bond donors (Lipinski definition) is 0. The van der Waals surface area contributed by atoms with Gasteiger partial charge in [-0.25, -0.2) is 0 Å². The van der Waals surface area contributed by atoms with E-state index < -0.39 is 0 Å². The molecule has 1 unspecified atom stereocenters. The Kier molecular flexibility index (Phi) is 19.5. The average Bonchev–Trinajstić information content (AvgIpc) is 3.27. The van der Waals surface area contributed by atoms with E-state index in [1.54, 1.807) is 0 Å². The van der Waals surface area contributed by atoms with Gasteiger partial charge in [-0.05, 0) is 18.8 Å². The van der Waals surface area contributed by atoms with Gasteiger partial charge in [0.1, 0.15) is 0 Å². The van der Waals surface area contributed by atoms with Crippen molar-refractivity contribution >= 4 is 12.4 Å². The molecule has 0 fully saturated rings. The van der Waals surface area contributed by atoms with Gasteiger partial charge in [-0.2, -0.15) is 0 Å². The molecule has 0 amide bonds. The molecule has 0 spiro atoms. The first-order valence-corrected chi connectivity index (χ1v) is 13.8. The molecule has 0 aromatic carbocycles. The summed E-state index contributed by atoms with van der Waals surface area (Å²) in [6.07, 6.45) is 35.8. The molecule has 2 nitrogen and oxygen atoms in total. The summed E-state index contributed by atoms with van der Waals surface area (Å²) >= 11 is 0. The second-order valence-corrected chi connectivity index (χ2v) is 9.61. The van der Waals surface area contributed by atoms with Crippen LogP contribution in [0.2, 0.25) is 0 Å². The monoisotopic (exact) mass is 417 g/mol. The van der Waals surface area contributed by atoms with Crippen molar-refractivity contribution in [2.75, 3.05) is 0 Å². The van der Waals surface area contributed by atoms with Crippen LogP contribution in [0.3, 0.4) is 0 Å². The molecule has 1 aliphatic heterocycles. The van der Waals surface area contributed by atoms with Crippen molar-refractivity contribution in [2.24, 2.45) is 15.9 Å². The number of rotatable bonds is 23. The standard InChI is InChI=1S/C28H53N2/c1-3-5-7-9-11-12-13-14-15-17-19-22-27(21-18-16-10-8-6-4-2)23-20-24-28-29-25-26-30-28/h25-27H,3-24H2,1-2H3/q+1. The minimum absolute atomic E-state index is 0.935. The predicted octanol–water partition coefficient (Wildman–Crippen LogP) is 9.87. The predicted molar refractivity (Wildman–Crippen MR) is 137 cm³/mol. The molecular weight excluding hydrogens is 364 g/mol. The van der Waals surface area contributed by atoms with Crippen LogP contribution < -0.4 is 0 Å². The Morgan fingerprint density at radius 1 is 0.500 bits per heavy atom. The van der Waals surface area contributed by atoms with Gasteiger partial charge in [-0.15, -0.1) is 0 Å². The van der Waals surface area contributed by atoms with E-state index >= 15 is 0 Å². The molecule has 0 bridgehead atoms. The third kappa shape index (κ3) is 16.9. The van der Waals surface area contributed by atoms with Gasteiger partial charge in [0.25, 0.3) is 0 Å². The Balaban J connectivity index is 2.05. The molecule has 30 heavy (non-hydrogen) atoms. The number of hydrogen-bond acceptors (Lipinski definition) is 2. The van der Waals surface area contributed by atoms with Crippen molar-refractivity contribution in [3.63, 3.8) is 0 Å². The van der Waals surface area contributed by atoms with Crippen molar-refractivity contribution in [2.45, 2.75) is 155 Å². The Labute approximate surface area is 189 Å². The lowest BCUT2D eigenvalue weighted by Gasteiger charge is -2.17. The van der Waals surface area contributed by atoms with E-state index in [1.165, 1.54) is 135 Å². The summed E-state index contributed by atoms with van der Waals surface area (Å²) in [5.74, 6) is 0.935. The number of aliphatic imine (C=N–C) groups is 2. The fourth-order valence-electron chi connectivity index (χ4n) is 4.69. The Bertz CT molecular complexity index is 389. The maximum atomic E-state index is 4.34. The van der Waals surface area contributed by atoms with Gasteiger partial charge in [-0.1, -0.05) is 146 Å². The second-order valence-electron chi connectivity index (χ2n) is 9.61. The van der Waals surface area contributed by atoms with Crippen LogP contribution in [0.5, 0.6) is 0 Å². The zero-order valence-corrected chi connectivity index (χ0v) is 20.7. The highest BCUT2D eigenvalue weighted by atomic mass is 15.0. The van der Waals surface area contributed by atoms with Crippen LogP contribution in [0.4, 0.5) is 0 Å². The van der Waals surface area contributed by atoms with Crippen LogP contribution in [0.1, 0.15) is 155 Å². The average molecular weight is 418 g/mol. The molecule has 1 atom stereocenters. The zero-order valence-electron chi connectivity index (χ0n) is 20.7. The molecule has 1 heterocycles. The molecule has 1 rings (SSSR count). The van der Waals surface area contributed by atoms with Crippen LogP contribution in [-0.2, 0) is 0 Å². The van der Waals surface area contributed by atoms with Crippen LogP contribution in [0.25, 0.3) is 0 Å². The van der Waals surface area contributed by atoms with Gasteiger partial charge < -0.3 is 0 Å². The summed E-state index contributed by atoms with van der Waals surface area (Å²) in [6.45, 7) is 4.61. The molecule has 0 radical (unpaired) electrons. The van der Waals surface area contributed by atoms with E-state index in [1.807, 2.05) is 12.4 Å². The largest absolute Gasteiger partial charge is 0.240 e. The number of nitrogens with zero attached hydrogens (tertiary/aromatic N) is 2. The molecular formula is C28H53N2+. The third-order valence-electron chi connectivity index (χ3n) is 6.71. The van der Waals surface area contributed by atoms with Crippen molar-refractivity contribution in [1.82, 2.24) is 0 Å². The molecule has 1 aliphatic rings. The zero-order chi connectivity index (χ0) is 21.5. The first-order chi connectivity index (χ1) is 14.9. The van der Waals surface area contributed by atoms with Gasteiger partial charge >= 0.3 is 0 Å². The van der Waals surface area contributed by atoms with Gasteiger partial charge in [0.2, 0.25) is 6.17 Å². The van der Waals surface area contributed by atoms with Crippen LogP contribution in [-0.4, -0.2) is 12.4 Å². The summed E-state index contributed by atoms with van der Waals surface area (Å²) in [5, 5.41) is 0. The number of unbranched alkanes of at least 4 members (excludes halogenated alkanes) is 15. The lowest BCUT2D eigenvalue weighted by molar-refractivity contribution is 0.369. The Morgan fingerprint density at radius 3 is 1.30 bits per heavy atom. The van der Waals surface area contributed by atoms with E-state index in [0.29, 0.717) is 0 Å². The van der Waals surface area contributed by atoms with Crippen molar-refractivity contribution in [1.29, 1.82) is 0 Å². The van der Waals surface area contributed by atoms with Crippen molar-refractivity contribution in [3.8, 4) is 0 Å². The minimum Gasteiger partial charge on any atom is -0.0968 e. The smallest absolute Gasteiger partial charge is 0.0968 e. The normalized spacial score (nSPS) is 14.1. The minimum atomic E-state index is 0.935. The summed E-state index contributed by atoms with van der Waals surface area (Å²) in [4.78, 5) is 8.68. The Morgan fingerprint density at radius 2 is 0.867 bits per heavy atom. The molecule has 0 N–H and O–H groups in total. The fraction of sp³-hybridized carbons (Fsp3) is 0.893. The summed E-state index contributed by atoms with van der Waals surface area (Å²) in [7, 11) is 0. The van der Waals surface area contributed by atoms with Crippen LogP contribution in [0, 0.1) is 12.1 Å². The quantitative estimate of drug-likeness (QED) is 0.117. The molecule has 174 valence electrons. The summed E-state index contributed by atoms with van der Waals surface area (Å²) in [5.41, 5.74) is 0. The first-order valence-electron chi connectivity index (χ1n) is 13.8.